The molecule has 3 heteroatoms. The first kappa shape index (κ1) is 16.1. The second-order valence-corrected chi connectivity index (χ2v) is 4.78. The van der Waals surface area contributed by atoms with Gasteiger partial charge in [-0.05, 0) is 30.7 Å². The first-order valence-electron chi connectivity index (χ1n) is 7.35. The van der Waals surface area contributed by atoms with Crippen LogP contribution in [-0.2, 0) is 4.74 Å². The summed E-state index contributed by atoms with van der Waals surface area (Å²) < 4.78 is 18.9. The molecule has 0 bridgehead atoms. The number of benzene rings is 1. The standard InChI is InChI=1S/C16H26FNO/c1-3-5-6-7-12-19-16(13-18-4-2)14-8-10-15(17)11-9-14/h8-11,16,18H,3-7,12-13H2,1-2H3. The highest BCUT2D eigenvalue weighted by Crippen LogP contribution is 2.18. The SMILES string of the molecule is CCCCCCOC(CNCC)c1ccc(F)cc1. The fourth-order valence-corrected chi connectivity index (χ4v) is 1.98. The van der Waals surface area contributed by atoms with Gasteiger partial charge in [-0.3, -0.25) is 0 Å². The Kier molecular flexibility index (Phi) is 8.43. The molecule has 1 rings (SSSR count). The molecule has 2 nitrogen and oxygen atoms in total. The van der Waals surface area contributed by atoms with Gasteiger partial charge in [0.1, 0.15) is 5.82 Å². The quantitative estimate of drug-likeness (QED) is 0.645. The van der Waals surface area contributed by atoms with E-state index in [0.717, 1.165) is 31.7 Å². The molecule has 0 aliphatic carbocycles. The zero-order chi connectivity index (χ0) is 13.9. The number of unbranched alkanes of at least 4 members (excludes halogenated alkanes) is 3. The highest BCUT2D eigenvalue weighted by Gasteiger charge is 2.11. The van der Waals surface area contributed by atoms with Gasteiger partial charge in [0.25, 0.3) is 0 Å². The van der Waals surface area contributed by atoms with E-state index in [1.807, 2.05) is 12.1 Å². The van der Waals surface area contributed by atoms with Crippen molar-refractivity contribution in [3.63, 3.8) is 0 Å². The lowest BCUT2D eigenvalue weighted by Crippen LogP contribution is -2.23. The maximum atomic E-state index is 12.9. The molecule has 0 aromatic heterocycles. The summed E-state index contributed by atoms with van der Waals surface area (Å²) >= 11 is 0. The molecule has 0 amide bonds. The summed E-state index contributed by atoms with van der Waals surface area (Å²) in [6.07, 6.45) is 4.82. The molecule has 0 saturated carbocycles. The lowest BCUT2D eigenvalue weighted by Gasteiger charge is -2.19. The Morgan fingerprint density at radius 3 is 2.47 bits per heavy atom. The third kappa shape index (κ3) is 6.69. The minimum Gasteiger partial charge on any atom is -0.372 e. The third-order valence-corrected chi connectivity index (χ3v) is 3.14. The summed E-state index contributed by atoms with van der Waals surface area (Å²) in [5.74, 6) is -0.200. The van der Waals surface area contributed by atoms with Gasteiger partial charge in [0.15, 0.2) is 0 Å². The minimum atomic E-state index is -0.200. The number of nitrogens with one attached hydrogen (secondary N) is 1. The average molecular weight is 267 g/mol. The van der Waals surface area contributed by atoms with E-state index >= 15 is 0 Å². The number of likely N-dealkylation sites (N-methyl/N-ethyl adjacent to an activating group) is 1. The van der Waals surface area contributed by atoms with Crippen LogP contribution in [-0.4, -0.2) is 19.7 Å². The third-order valence-electron chi connectivity index (χ3n) is 3.14. The van der Waals surface area contributed by atoms with Crippen LogP contribution < -0.4 is 5.32 Å². The zero-order valence-electron chi connectivity index (χ0n) is 12.1. The molecule has 0 radical (unpaired) electrons. The molecular formula is C16H26FNO. The molecule has 0 spiro atoms. The van der Waals surface area contributed by atoms with Crippen LogP contribution >= 0.6 is 0 Å². The molecule has 108 valence electrons. The molecule has 19 heavy (non-hydrogen) atoms. The second kappa shape index (κ2) is 9.93. The molecular weight excluding hydrogens is 241 g/mol. The van der Waals surface area contributed by atoms with Crippen LogP contribution in [0.3, 0.4) is 0 Å². The van der Waals surface area contributed by atoms with Crippen molar-refractivity contribution in [2.45, 2.75) is 45.6 Å². The first-order chi connectivity index (χ1) is 9.27. The summed E-state index contributed by atoms with van der Waals surface area (Å²) in [6.45, 7) is 6.73. The highest BCUT2D eigenvalue weighted by molar-refractivity contribution is 5.19. The topological polar surface area (TPSA) is 21.3 Å². The number of halogens is 1. The van der Waals surface area contributed by atoms with Crippen LogP contribution in [0.5, 0.6) is 0 Å². The Morgan fingerprint density at radius 2 is 1.84 bits per heavy atom. The number of hydrogen-bond donors (Lipinski definition) is 1. The van der Waals surface area contributed by atoms with Crippen molar-refractivity contribution in [1.82, 2.24) is 5.32 Å². The summed E-state index contributed by atoms with van der Waals surface area (Å²) in [5, 5.41) is 3.29. The molecule has 1 aromatic rings. The Bertz CT molecular complexity index is 326. The predicted molar refractivity (Wildman–Crippen MR) is 77.8 cm³/mol. The zero-order valence-corrected chi connectivity index (χ0v) is 12.1. The van der Waals surface area contributed by atoms with E-state index in [4.69, 9.17) is 4.74 Å². The van der Waals surface area contributed by atoms with Crippen molar-refractivity contribution in [2.75, 3.05) is 19.7 Å². The van der Waals surface area contributed by atoms with Crippen LogP contribution in [0.15, 0.2) is 24.3 Å². The highest BCUT2D eigenvalue weighted by atomic mass is 19.1. The van der Waals surface area contributed by atoms with Crippen LogP contribution in [0.25, 0.3) is 0 Å². The van der Waals surface area contributed by atoms with Crippen LogP contribution in [0.2, 0.25) is 0 Å². The Hall–Kier alpha value is -0.930. The summed E-state index contributed by atoms with van der Waals surface area (Å²) in [7, 11) is 0. The van der Waals surface area contributed by atoms with Gasteiger partial charge in [-0.25, -0.2) is 4.39 Å². The Labute approximate surface area is 116 Å². The molecule has 0 aliphatic rings. The molecule has 0 heterocycles. The predicted octanol–water partition coefficient (Wildman–Crippen LogP) is 4.07. The van der Waals surface area contributed by atoms with Gasteiger partial charge in [-0.2, -0.15) is 0 Å². The van der Waals surface area contributed by atoms with E-state index in [0.29, 0.717) is 0 Å². The van der Waals surface area contributed by atoms with Crippen molar-refractivity contribution in [3.05, 3.63) is 35.6 Å². The summed E-state index contributed by atoms with van der Waals surface area (Å²) in [6, 6.07) is 6.61. The Morgan fingerprint density at radius 1 is 1.11 bits per heavy atom. The smallest absolute Gasteiger partial charge is 0.123 e. The first-order valence-corrected chi connectivity index (χ1v) is 7.35. The van der Waals surface area contributed by atoms with Crippen molar-refractivity contribution in [1.29, 1.82) is 0 Å². The van der Waals surface area contributed by atoms with Crippen molar-refractivity contribution in [3.8, 4) is 0 Å². The monoisotopic (exact) mass is 267 g/mol. The van der Waals surface area contributed by atoms with E-state index in [9.17, 15) is 4.39 Å². The fraction of sp³-hybridized carbons (Fsp3) is 0.625. The molecule has 1 atom stereocenters. The Balaban J connectivity index is 2.44. The van der Waals surface area contributed by atoms with E-state index in [-0.39, 0.29) is 11.9 Å². The van der Waals surface area contributed by atoms with E-state index in [1.54, 1.807) is 0 Å². The number of ether oxygens (including phenoxy) is 1. The molecule has 0 saturated heterocycles. The van der Waals surface area contributed by atoms with Gasteiger partial charge >= 0.3 is 0 Å². The summed E-state index contributed by atoms with van der Waals surface area (Å²) in [4.78, 5) is 0. The van der Waals surface area contributed by atoms with E-state index in [1.165, 1.54) is 31.4 Å². The normalized spacial score (nSPS) is 12.6. The molecule has 1 aromatic carbocycles. The largest absolute Gasteiger partial charge is 0.372 e. The van der Waals surface area contributed by atoms with Gasteiger partial charge < -0.3 is 10.1 Å². The van der Waals surface area contributed by atoms with Gasteiger partial charge in [-0.15, -0.1) is 0 Å². The van der Waals surface area contributed by atoms with Crippen molar-refractivity contribution < 1.29 is 9.13 Å². The maximum absolute atomic E-state index is 12.9. The molecule has 0 fully saturated rings. The molecule has 0 aliphatic heterocycles. The lowest BCUT2D eigenvalue weighted by atomic mass is 10.1. The minimum absolute atomic E-state index is 0.0159. The van der Waals surface area contributed by atoms with Crippen LogP contribution in [0.4, 0.5) is 4.39 Å². The van der Waals surface area contributed by atoms with E-state index in [2.05, 4.69) is 19.2 Å². The van der Waals surface area contributed by atoms with E-state index < -0.39 is 0 Å². The fourth-order valence-electron chi connectivity index (χ4n) is 1.98. The average Bonchev–Trinajstić information content (AvgIpc) is 2.43. The van der Waals surface area contributed by atoms with Crippen LogP contribution in [0.1, 0.15) is 51.2 Å². The number of hydrogen-bond acceptors (Lipinski definition) is 2. The number of rotatable bonds is 10. The van der Waals surface area contributed by atoms with Gasteiger partial charge in [0.2, 0.25) is 0 Å². The van der Waals surface area contributed by atoms with Gasteiger partial charge in [0.05, 0.1) is 6.10 Å². The molecule has 1 N–H and O–H groups in total. The maximum Gasteiger partial charge on any atom is 0.123 e. The summed E-state index contributed by atoms with van der Waals surface area (Å²) in [5.41, 5.74) is 1.04. The second-order valence-electron chi connectivity index (χ2n) is 4.78. The van der Waals surface area contributed by atoms with Crippen molar-refractivity contribution >= 4 is 0 Å². The van der Waals surface area contributed by atoms with Crippen LogP contribution in [0, 0.1) is 5.82 Å². The van der Waals surface area contributed by atoms with Gasteiger partial charge in [0, 0.05) is 13.2 Å². The van der Waals surface area contributed by atoms with Crippen molar-refractivity contribution in [2.24, 2.45) is 0 Å². The lowest BCUT2D eigenvalue weighted by molar-refractivity contribution is 0.0502. The van der Waals surface area contributed by atoms with Gasteiger partial charge in [-0.1, -0.05) is 45.2 Å². The molecule has 1 unspecified atom stereocenters.